The Hall–Kier alpha value is -0.160. The fourth-order valence-electron chi connectivity index (χ4n) is 2.33. The predicted octanol–water partition coefficient (Wildman–Crippen LogP) is 1.92. The summed E-state index contributed by atoms with van der Waals surface area (Å²) in [7, 11) is 0. The monoisotopic (exact) mass is 272 g/mol. The van der Waals surface area contributed by atoms with Crippen molar-refractivity contribution in [2.24, 2.45) is 23.1 Å². The van der Waals surface area contributed by atoms with Crippen LogP contribution in [0.25, 0.3) is 0 Å². The van der Waals surface area contributed by atoms with Gasteiger partial charge in [-0.1, -0.05) is 26.2 Å². The zero-order valence-electron chi connectivity index (χ0n) is 13.3. The molecule has 0 aromatic heterocycles. The lowest BCUT2D eigenvalue weighted by molar-refractivity contribution is 0.220. The van der Waals surface area contributed by atoms with Crippen LogP contribution in [0, 0.1) is 5.92 Å². The average molecular weight is 272 g/mol. The van der Waals surface area contributed by atoms with Crippen molar-refractivity contribution in [1.29, 1.82) is 0 Å². The molecular formula is C15H36N4. The van der Waals surface area contributed by atoms with Gasteiger partial charge in [-0.3, -0.25) is 5.32 Å². The zero-order chi connectivity index (χ0) is 14.7. The first-order valence-corrected chi connectivity index (χ1v) is 7.87. The second-order valence-electron chi connectivity index (χ2n) is 6.30. The molecule has 7 N–H and O–H groups in total. The highest BCUT2D eigenvalue weighted by Crippen LogP contribution is 2.22. The van der Waals surface area contributed by atoms with E-state index in [0.29, 0.717) is 5.92 Å². The van der Waals surface area contributed by atoms with Crippen LogP contribution in [0.4, 0.5) is 0 Å². The lowest BCUT2D eigenvalue weighted by Gasteiger charge is -2.36. The first kappa shape index (κ1) is 18.8. The highest BCUT2D eigenvalue weighted by atomic mass is 15.1. The number of rotatable bonds is 12. The Kier molecular flexibility index (Phi) is 10.5. The van der Waals surface area contributed by atoms with Gasteiger partial charge in [-0.2, -0.15) is 0 Å². The third-order valence-electron chi connectivity index (χ3n) is 4.10. The third-order valence-corrected chi connectivity index (χ3v) is 4.10. The molecule has 0 saturated heterocycles. The minimum absolute atomic E-state index is 0.0852. The second kappa shape index (κ2) is 10.6. The van der Waals surface area contributed by atoms with E-state index >= 15 is 0 Å². The zero-order valence-corrected chi connectivity index (χ0v) is 13.3. The van der Waals surface area contributed by atoms with E-state index in [2.05, 4.69) is 26.1 Å². The molecule has 0 aliphatic rings. The molecule has 2 unspecified atom stereocenters. The summed E-state index contributed by atoms with van der Waals surface area (Å²) in [4.78, 5) is 0. The van der Waals surface area contributed by atoms with Gasteiger partial charge >= 0.3 is 0 Å². The van der Waals surface area contributed by atoms with Gasteiger partial charge in [0, 0.05) is 5.54 Å². The van der Waals surface area contributed by atoms with Crippen LogP contribution in [0.2, 0.25) is 0 Å². The molecule has 0 amide bonds. The Morgan fingerprint density at radius 3 is 2.00 bits per heavy atom. The van der Waals surface area contributed by atoms with E-state index in [0.717, 1.165) is 38.8 Å². The van der Waals surface area contributed by atoms with Crippen LogP contribution >= 0.6 is 0 Å². The van der Waals surface area contributed by atoms with Crippen LogP contribution in [0.1, 0.15) is 65.7 Å². The molecule has 2 atom stereocenters. The van der Waals surface area contributed by atoms with E-state index in [1.54, 1.807) is 0 Å². The number of unbranched alkanes of at least 4 members (excludes halogenated alkanes) is 3. The topological polar surface area (TPSA) is 90.1 Å². The van der Waals surface area contributed by atoms with Gasteiger partial charge in [-0.25, -0.2) is 0 Å². The summed E-state index contributed by atoms with van der Waals surface area (Å²) < 4.78 is 0. The summed E-state index contributed by atoms with van der Waals surface area (Å²) >= 11 is 0. The van der Waals surface area contributed by atoms with E-state index in [1.807, 2.05) is 0 Å². The molecule has 0 fully saturated rings. The lowest BCUT2D eigenvalue weighted by atomic mass is 9.84. The predicted molar refractivity (Wildman–Crippen MR) is 84.8 cm³/mol. The van der Waals surface area contributed by atoms with Crippen LogP contribution in [0.5, 0.6) is 0 Å². The standard InChI is InChI=1S/C15H36N4/c1-13(9-6-8-12-17)15(2,3)19-14(18)10-5-4-7-11-16/h13-14,19H,4-12,16-18H2,1-3H3. The molecule has 0 saturated carbocycles. The van der Waals surface area contributed by atoms with Gasteiger partial charge in [0.05, 0.1) is 6.17 Å². The molecule has 19 heavy (non-hydrogen) atoms. The van der Waals surface area contributed by atoms with Crippen molar-refractivity contribution in [1.82, 2.24) is 5.32 Å². The minimum atomic E-state index is 0.0852. The molecule has 0 aromatic carbocycles. The number of nitrogens with one attached hydrogen (secondary N) is 1. The normalized spacial score (nSPS) is 15.5. The Labute approximate surface area is 119 Å². The van der Waals surface area contributed by atoms with Gasteiger partial charge in [0.2, 0.25) is 0 Å². The summed E-state index contributed by atoms with van der Waals surface area (Å²) in [5, 5.41) is 3.58. The van der Waals surface area contributed by atoms with Crippen LogP contribution < -0.4 is 22.5 Å². The molecule has 0 spiro atoms. The molecule has 0 radical (unpaired) electrons. The third kappa shape index (κ3) is 9.38. The van der Waals surface area contributed by atoms with Gasteiger partial charge < -0.3 is 17.2 Å². The maximum Gasteiger partial charge on any atom is 0.0550 e. The smallest absolute Gasteiger partial charge is 0.0550 e. The van der Waals surface area contributed by atoms with Crippen molar-refractivity contribution in [3.8, 4) is 0 Å². The van der Waals surface area contributed by atoms with Gasteiger partial charge in [0.15, 0.2) is 0 Å². The average Bonchev–Trinajstić information content (AvgIpc) is 2.34. The van der Waals surface area contributed by atoms with E-state index < -0.39 is 0 Å². The van der Waals surface area contributed by atoms with Gasteiger partial charge in [-0.05, 0) is 58.5 Å². The Morgan fingerprint density at radius 2 is 1.42 bits per heavy atom. The Morgan fingerprint density at radius 1 is 0.895 bits per heavy atom. The first-order valence-electron chi connectivity index (χ1n) is 7.87. The van der Waals surface area contributed by atoms with Gasteiger partial charge in [0.1, 0.15) is 0 Å². The largest absolute Gasteiger partial charge is 0.330 e. The van der Waals surface area contributed by atoms with Crippen molar-refractivity contribution >= 4 is 0 Å². The molecule has 4 heteroatoms. The molecule has 116 valence electrons. The fraction of sp³-hybridized carbons (Fsp3) is 1.00. The summed E-state index contributed by atoms with van der Waals surface area (Å²) in [6.45, 7) is 8.37. The van der Waals surface area contributed by atoms with Crippen LogP contribution in [-0.4, -0.2) is 24.8 Å². The molecular weight excluding hydrogens is 236 g/mol. The van der Waals surface area contributed by atoms with Crippen molar-refractivity contribution in [2.45, 2.75) is 77.4 Å². The Bertz CT molecular complexity index is 206. The lowest BCUT2D eigenvalue weighted by Crippen LogP contribution is -2.53. The molecule has 0 aromatic rings. The molecule has 0 aliphatic carbocycles. The minimum Gasteiger partial charge on any atom is -0.330 e. The second-order valence-corrected chi connectivity index (χ2v) is 6.30. The molecule has 0 bridgehead atoms. The van der Waals surface area contributed by atoms with Crippen LogP contribution in [0.3, 0.4) is 0 Å². The van der Waals surface area contributed by atoms with Gasteiger partial charge in [-0.15, -0.1) is 0 Å². The van der Waals surface area contributed by atoms with Crippen molar-refractivity contribution in [3.63, 3.8) is 0 Å². The highest BCUT2D eigenvalue weighted by molar-refractivity contribution is 4.85. The molecule has 4 nitrogen and oxygen atoms in total. The number of hydrogen-bond donors (Lipinski definition) is 4. The highest BCUT2D eigenvalue weighted by Gasteiger charge is 2.26. The van der Waals surface area contributed by atoms with E-state index in [1.165, 1.54) is 19.3 Å². The van der Waals surface area contributed by atoms with Crippen molar-refractivity contribution in [3.05, 3.63) is 0 Å². The fourth-order valence-corrected chi connectivity index (χ4v) is 2.33. The molecule has 0 rings (SSSR count). The van der Waals surface area contributed by atoms with Crippen LogP contribution in [0.15, 0.2) is 0 Å². The maximum absolute atomic E-state index is 6.17. The van der Waals surface area contributed by atoms with Crippen molar-refractivity contribution < 1.29 is 0 Å². The quantitative estimate of drug-likeness (QED) is 0.323. The van der Waals surface area contributed by atoms with E-state index in [-0.39, 0.29) is 11.7 Å². The number of hydrogen-bond acceptors (Lipinski definition) is 4. The number of nitrogens with two attached hydrogens (primary N) is 3. The molecule has 0 aliphatic heterocycles. The first-order chi connectivity index (χ1) is 8.94. The van der Waals surface area contributed by atoms with Gasteiger partial charge in [0.25, 0.3) is 0 Å². The summed E-state index contributed by atoms with van der Waals surface area (Å²) in [6.07, 6.45) is 8.08. The maximum atomic E-state index is 6.17. The SMILES string of the molecule is CC(CCCCN)C(C)(C)NC(N)CCCCCN. The summed E-state index contributed by atoms with van der Waals surface area (Å²) in [5.41, 5.74) is 17.3. The van der Waals surface area contributed by atoms with Crippen molar-refractivity contribution in [2.75, 3.05) is 13.1 Å². The van der Waals surface area contributed by atoms with E-state index in [9.17, 15) is 0 Å². The van der Waals surface area contributed by atoms with E-state index in [4.69, 9.17) is 17.2 Å². The summed E-state index contributed by atoms with van der Waals surface area (Å²) in [6, 6.07) is 0. The summed E-state index contributed by atoms with van der Waals surface area (Å²) in [5.74, 6) is 0.606. The van der Waals surface area contributed by atoms with Crippen LogP contribution in [-0.2, 0) is 0 Å². The Balaban J connectivity index is 3.90. The molecule has 0 heterocycles.